The van der Waals surface area contributed by atoms with Crippen molar-refractivity contribution in [1.82, 2.24) is 9.99 Å². The summed E-state index contributed by atoms with van der Waals surface area (Å²) in [6.07, 6.45) is 1.60. The van der Waals surface area contributed by atoms with Crippen LogP contribution in [0.15, 0.2) is 65.8 Å². The van der Waals surface area contributed by atoms with Crippen LogP contribution in [0.5, 0.6) is 5.75 Å². The number of carbonyl (C=O) groups excluding carboxylic acids is 1. The molecular weight excluding hydrogens is 338 g/mol. The van der Waals surface area contributed by atoms with E-state index in [0.717, 1.165) is 28.4 Å². The topological polar surface area (TPSA) is 55.6 Å². The normalized spacial score (nSPS) is 10.9. The van der Waals surface area contributed by atoms with E-state index in [1.807, 2.05) is 81.4 Å². The van der Waals surface area contributed by atoms with Gasteiger partial charge >= 0.3 is 0 Å². The Kier molecular flexibility index (Phi) is 5.71. The zero-order valence-electron chi connectivity index (χ0n) is 15.8. The van der Waals surface area contributed by atoms with Crippen molar-refractivity contribution in [3.05, 3.63) is 83.2 Å². The molecule has 0 radical (unpaired) electrons. The fourth-order valence-corrected chi connectivity index (χ4v) is 3.06. The largest absolute Gasteiger partial charge is 0.493 e. The van der Waals surface area contributed by atoms with Crippen LogP contribution in [0.3, 0.4) is 0 Å². The molecule has 0 fully saturated rings. The maximum absolute atomic E-state index is 12.6. The summed E-state index contributed by atoms with van der Waals surface area (Å²) < 4.78 is 7.62. The minimum absolute atomic E-state index is 0.240. The van der Waals surface area contributed by atoms with E-state index in [9.17, 15) is 4.79 Å². The number of carbonyl (C=O) groups is 1. The number of aryl methyl sites for hydroxylation is 1. The highest BCUT2D eigenvalue weighted by atomic mass is 16.5. The fraction of sp³-hybridized carbons (Fsp3) is 0.182. The highest BCUT2D eigenvalue weighted by molar-refractivity contribution is 5.96. The summed E-state index contributed by atoms with van der Waals surface area (Å²) in [5, 5.41) is 4.10. The summed E-state index contributed by atoms with van der Waals surface area (Å²) in [4.78, 5) is 12.6. The summed E-state index contributed by atoms with van der Waals surface area (Å²) in [6, 6.07) is 19.4. The van der Waals surface area contributed by atoms with Gasteiger partial charge in [0.25, 0.3) is 5.91 Å². The van der Waals surface area contributed by atoms with Crippen molar-refractivity contribution in [2.45, 2.75) is 20.8 Å². The number of ether oxygens (including phenoxy) is 1. The maximum atomic E-state index is 12.6. The Morgan fingerprint density at radius 1 is 1.11 bits per heavy atom. The molecule has 0 aliphatic carbocycles. The number of rotatable bonds is 6. The van der Waals surface area contributed by atoms with Crippen LogP contribution >= 0.6 is 0 Å². The first-order valence-electron chi connectivity index (χ1n) is 8.91. The van der Waals surface area contributed by atoms with Gasteiger partial charge in [-0.1, -0.05) is 30.3 Å². The molecule has 0 unspecified atom stereocenters. The van der Waals surface area contributed by atoms with E-state index in [0.29, 0.717) is 12.2 Å². The van der Waals surface area contributed by atoms with E-state index in [1.165, 1.54) is 0 Å². The van der Waals surface area contributed by atoms with E-state index >= 15 is 0 Å². The average molecular weight is 361 g/mol. The predicted octanol–water partition coefficient (Wildman–Crippen LogP) is 4.26. The summed E-state index contributed by atoms with van der Waals surface area (Å²) in [5.74, 6) is 0.496. The molecule has 0 spiro atoms. The van der Waals surface area contributed by atoms with Crippen molar-refractivity contribution >= 4 is 12.1 Å². The smallest absolute Gasteiger partial charge is 0.273 e. The highest BCUT2D eigenvalue weighted by Gasteiger charge is 2.16. The molecule has 1 heterocycles. The molecule has 0 bridgehead atoms. The molecule has 0 saturated heterocycles. The number of amides is 1. The lowest BCUT2D eigenvalue weighted by Crippen LogP contribution is -2.18. The molecule has 27 heavy (non-hydrogen) atoms. The van der Waals surface area contributed by atoms with Gasteiger partial charge in [-0.15, -0.1) is 0 Å². The fourth-order valence-electron chi connectivity index (χ4n) is 3.06. The van der Waals surface area contributed by atoms with Crippen LogP contribution in [0.4, 0.5) is 0 Å². The average Bonchev–Trinajstić information content (AvgIpc) is 2.98. The van der Waals surface area contributed by atoms with Crippen molar-refractivity contribution in [2.24, 2.45) is 5.10 Å². The zero-order valence-corrected chi connectivity index (χ0v) is 15.8. The number of para-hydroxylation sites is 2. The van der Waals surface area contributed by atoms with E-state index in [1.54, 1.807) is 6.21 Å². The molecule has 0 atom stereocenters. The van der Waals surface area contributed by atoms with Crippen molar-refractivity contribution < 1.29 is 9.53 Å². The Morgan fingerprint density at radius 2 is 1.81 bits per heavy atom. The molecule has 5 nitrogen and oxygen atoms in total. The lowest BCUT2D eigenvalue weighted by atomic mass is 10.2. The molecule has 0 aliphatic heterocycles. The van der Waals surface area contributed by atoms with Gasteiger partial charge in [-0.25, -0.2) is 5.43 Å². The third-order valence-corrected chi connectivity index (χ3v) is 4.28. The number of benzene rings is 2. The zero-order chi connectivity index (χ0) is 19.2. The summed E-state index contributed by atoms with van der Waals surface area (Å²) in [7, 11) is 0. The van der Waals surface area contributed by atoms with E-state index in [2.05, 4.69) is 15.1 Å². The number of hydrazone groups is 1. The molecule has 3 aromatic rings. The molecule has 0 aliphatic rings. The predicted molar refractivity (Wildman–Crippen MR) is 108 cm³/mol. The third-order valence-electron chi connectivity index (χ3n) is 4.28. The number of nitrogens with zero attached hydrogens (tertiary/aromatic N) is 2. The molecular formula is C22H23N3O2. The molecule has 5 heteroatoms. The molecule has 1 N–H and O–H groups in total. The van der Waals surface area contributed by atoms with Crippen LogP contribution in [-0.2, 0) is 0 Å². The van der Waals surface area contributed by atoms with Crippen LogP contribution in [0.1, 0.15) is 34.2 Å². The van der Waals surface area contributed by atoms with E-state index in [-0.39, 0.29) is 5.91 Å². The number of hydrogen-bond acceptors (Lipinski definition) is 3. The van der Waals surface area contributed by atoms with Crippen LogP contribution in [-0.4, -0.2) is 23.3 Å². The van der Waals surface area contributed by atoms with Gasteiger partial charge in [0.15, 0.2) is 0 Å². The van der Waals surface area contributed by atoms with Gasteiger partial charge in [-0.2, -0.15) is 5.10 Å². The van der Waals surface area contributed by atoms with Gasteiger partial charge in [0, 0.05) is 22.6 Å². The van der Waals surface area contributed by atoms with Crippen LogP contribution in [0.2, 0.25) is 0 Å². The second-order valence-electron chi connectivity index (χ2n) is 6.13. The van der Waals surface area contributed by atoms with Gasteiger partial charge < -0.3 is 9.30 Å². The third kappa shape index (κ3) is 4.08. The van der Waals surface area contributed by atoms with Gasteiger partial charge in [0.1, 0.15) is 5.75 Å². The second kappa shape index (κ2) is 8.36. The quantitative estimate of drug-likeness (QED) is 0.527. The van der Waals surface area contributed by atoms with E-state index < -0.39 is 0 Å². The molecule has 1 aromatic heterocycles. The summed E-state index contributed by atoms with van der Waals surface area (Å²) in [6.45, 7) is 6.42. The first kappa shape index (κ1) is 18.5. The van der Waals surface area contributed by atoms with E-state index in [4.69, 9.17) is 4.74 Å². The number of aromatic nitrogens is 1. The molecule has 138 valence electrons. The monoisotopic (exact) mass is 361 g/mol. The summed E-state index contributed by atoms with van der Waals surface area (Å²) >= 11 is 0. The van der Waals surface area contributed by atoms with Gasteiger partial charge in [-0.05, 0) is 51.1 Å². The van der Waals surface area contributed by atoms with Crippen LogP contribution in [0.25, 0.3) is 5.69 Å². The molecule has 0 saturated carbocycles. The Balaban J connectivity index is 1.78. The van der Waals surface area contributed by atoms with Crippen molar-refractivity contribution in [3.8, 4) is 11.4 Å². The Bertz CT molecular complexity index is 959. The number of nitrogens with one attached hydrogen (secondary N) is 1. The van der Waals surface area contributed by atoms with Crippen LogP contribution in [0, 0.1) is 13.8 Å². The molecule has 1 amide bonds. The van der Waals surface area contributed by atoms with Crippen molar-refractivity contribution in [2.75, 3.05) is 6.61 Å². The Morgan fingerprint density at radius 3 is 2.56 bits per heavy atom. The second-order valence-corrected chi connectivity index (χ2v) is 6.13. The maximum Gasteiger partial charge on any atom is 0.273 e. The summed E-state index contributed by atoms with van der Waals surface area (Å²) in [5.41, 5.74) is 6.93. The van der Waals surface area contributed by atoms with Gasteiger partial charge in [-0.3, -0.25) is 4.79 Å². The van der Waals surface area contributed by atoms with Crippen LogP contribution < -0.4 is 10.2 Å². The van der Waals surface area contributed by atoms with Gasteiger partial charge in [0.2, 0.25) is 0 Å². The lowest BCUT2D eigenvalue weighted by Gasteiger charge is -2.09. The highest BCUT2D eigenvalue weighted by Crippen LogP contribution is 2.20. The minimum Gasteiger partial charge on any atom is -0.493 e. The minimum atomic E-state index is -0.240. The molecule has 2 aromatic carbocycles. The Labute approximate surface area is 159 Å². The first-order valence-corrected chi connectivity index (χ1v) is 8.91. The number of hydrogen-bond donors (Lipinski definition) is 1. The lowest BCUT2D eigenvalue weighted by molar-refractivity contribution is 0.0954. The standard InChI is InChI=1S/C22H23N3O2/c1-4-27-21-13-9-8-10-18(21)15-23-24-22(26)20-14-16(2)25(17(20)3)19-11-6-5-7-12-19/h5-15H,4H2,1-3H3,(H,24,26)/b23-15+. The van der Waals surface area contributed by atoms with Crippen molar-refractivity contribution in [3.63, 3.8) is 0 Å². The van der Waals surface area contributed by atoms with Crippen molar-refractivity contribution in [1.29, 1.82) is 0 Å². The first-order chi connectivity index (χ1) is 13.1. The van der Waals surface area contributed by atoms with Gasteiger partial charge in [0.05, 0.1) is 18.4 Å². The SMILES string of the molecule is CCOc1ccccc1/C=N/NC(=O)c1cc(C)n(-c2ccccc2)c1C. The molecule has 3 rings (SSSR count). The Hall–Kier alpha value is -3.34.